The fourth-order valence-corrected chi connectivity index (χ4v) is 2.23. The minimum Gasteiger partial charge on any atom is -0.478 e. The molecule has 3 nitrogen and oxygen atoms in total. The summed E-state index contributed by atoms with van der Waals surface area (Å²) < 4.78 is 0. The molecule has 0 bridgehead atoms. The Morgan fingerprint density at radius 1 is 1.20 bits per heavy atom. The van der Waals surface area contributed by atoms with E-state index in [-0.39, 0.29) is 0 Å². The van der Waals surface area contributed by atoms with Crippen LogP contribution in [0.1, 0.15) is 18.9 Å². The topological polar surface area (TPSA) is 49.3 Å². The van der Waals surface area contributed by atoms with Gasteiger partial charge in [-0.3, -0.25) is 0 Å². The number of hydrogen-bond acceptors (Lipinski definition) is 2. The molecule has 3 heteroatoms. The lowest BCUT2D eigenvalue weighted by molar-refractivity contribution is -0.132. The van der Waals surface area contributed by atoms with Crippen molar-refractivity contribution in [1.29, 1.82) is 0 Å². The zero-order valence-corrected chi connectivity index (χ0v) is 11.6. The summed E-state index contributed by atoms with van der Waals surface area (Å²) >= 11 is 0. The van der Waals surface area contributed by atoms with Crippen molar-refractivity contribution >= 4 is 16.7 Å². The van der Waals surface area contributed by atoms with Crippen LogP contribution in [-0.2, 0) is 11.3 Å². The highest BCUT2D eigenvalue weighted by Gasteiger charge is 2.03. The molecule has 0 aliphatic heterocycles. The number of benzene rings is 2. The third kappa shape index (κ3) is 3.45. The summed E-state index contributed by atoms with van der Waals surface area (Å²) in [5, 5.41) is 14.7. The van der Waals surface area contributed by atoms with Crippen molar-refractivity contribution < 1.29 is 9.90 Å². The van der Waals surface area contributed by atoms with Gasteiger partial charge in [0.05, 0.1) is 0 Å². The summed E-state index contributed by atoms with van der Waals surface area (Å²) in [7, 11) is 0. The minimum absolute atomic E-state index is 0.454. The van der Waals surface area contributed by atoms with Crippen LogP contribution >= 0.6 is 0 Å². The summed E-state index contributed by atoms with van der Waals surface area (Å²) in [4.78, 5) is 10.9. The lowest BCUT2D eigenvalue weighted by Crippen LogP contribution is -2.14. The molecule has 0 aromatic heterocycles. The Morgan fingerprint density at radius 3 is 2.70 bits per heavy atom. The maximum atomic E-state index is 10.9. The van der Waals surface area contributed by atoms with Crippen LogP contribution in [0.25, 0.3) is 10.8 Å². The Kier molecular flexibility index (Phi) is 4.91. The Labute approximate surface area is 118 Å². The average Bonchev–Trinajstić information content (AvgIpc) is 2.47. The van der Waals surface area contributed by atoms with Crippen LogP contribution in [0.4, 0.5) is 0 Å². The molecule has 0 radical (unpaired) electrons. The Bertz CT molecular complexity index is 626. The van der Waals surface area contributed by atoms with E-state index in [1.54, 1.807) is 6.08 Å². The first-order chi connectivity index (χ1) is 9.72. The number of fused-ring (bicyclic) bond motifs is 1. The maximum Gasteiger partial charge on any atom is 0.331 e. The molecule has 0 heterocycles. The number of rotatable bonds is 6. The van der Waals surface area contributed by atoms with Gasteiger partial charge in [-0.1, -0.05) is 55.5 Å². The molecule has 20 heavy (non-hydrogen) atoms. The van der Waals surface area contributed by atoms with Gasteiger partial charge < -0.3 is 10.4 Å². The van der Waals surface area contributed by atoms with Crippen LogP contribution < -0.4 is 5.32 Å². The van der Waals surface area contributed by atoms with Gasteiger partial charge in [0.15, 0.2) is 0 Å². The molecular formula is C17H19NO2. The third-order valence-corrected chi connectivity index (χ3v) is 3.34. The number of nitrogens with one attached hydrogen (secondary N) is 1. The Balaban J connectivity index is 2.02. The molecule has 0 atom stereocenters. The molecule has 104 valence electrons. The molecule has 0 aliphatic carbocycles. The molecule has 0 spiro atoms. The minimum atomic E-state index is -0.834. The highest BCUT2D eigenvalue weighted by Crippen LogP contribution is 2.18. The number of carbonyl (C=O) groups is 1. The van der Waals surface area contributed by atoms with Gasteiger partial charge in [0, 0.05) is 18.7 Å². The first kappa shape index (κ1) is 14.3. The van der Waals surface area contributed by atoms with Gasteiger partial charge in [-0.15, -0.1) is 0 Å². The fourth-order valence-electron chi connectivity index (χ4n) is 2.23. The molecule has 2 aromatic rings. The van der Waals surface area contributed by atoms with E-state index in [0.29, 0.717) is 18.5 Å². The van der Waals surface area contributed by atoms with Gasteiger partial charge in [-0.25, -0.2) is 4.79 Å². The summed E-state index contributed by atoms with van der Waals surface area (Å²) in [6.45, 7) is 3.15. The van der Waals surface area contributed by atoms with Gasteiger partial charge in [0.2, 0.25) is 0 Å². The zero-order valence-electron chi connectivity index (χ0n) is 11.6. The zero-order chi connectivity index (χ0) is 14.4. The molecule has 0 amide bonds. The van der Waals surface area contributed by atoms with Gasteiger partial charge >= 0.3 is 5.97 Å². The predicted molar refractivity (Wildman–Crippen MR) is 81.7 cm³/mol. The van der Waals surface area contributed by atoms with E-state index in [4.69, 9.17) is 5.11 Å². The average molecular weight is 269 g/mol. The third-order valence-electron chi connectivity index (χ3n) is 3.34. The van der Waals surface area contributed by atoms with Gasteiger partial charge in [-0.05, 0) is 22.8 Å². The molecule has 2 rings (SSSR count). The Morgan fingerprint density at radius 2 is 1.95 bits per heavy atom. The van der Waals surface area contributed by atoms with E-state index in [1.807, 2.05) is 25.1 Å². The lowest BCUT2D eigenvalue weighted by Gasteiger charge is -2.07. The summed E-state index contributed by atoms with van der Waals surface area (Å²) in [5.41, 5.74) is 1.68. The van der Waals surface area contributed by atoms with E-state index in [2.05, 4.69) is 29.6 Å². The summed E-state index contributed by atoms with van der Waals surface area (Å²) in [6, 6.07) is 14.5. The maximum absolute atomic E-state index is 10.9. The molecular weight excluding hydrogens is 250 g/mol. The van der Waals surface area contributed by atoms with Gasteiger partial charge in [0.1, 0.15) is 0 Å². The summed E-state index contributed by atoms with van der Waals surface area (Å²) in [6.07, 6.45) is 2.29. The number of carboxylic acids is 1. The smallest absolute Gasteiger partial charge is 0.331 e. The molecule has 2 aromatic carbocycles. The number of hydrogen-bond donors (Lipinski definition) is 2. The van der Waals surface area contributed by atoms with Crippen LogP contribution in [-0.4, -0.2) is 17.6 Å². The van der Waals surface area contributed by atoms with Crippen molar-refractivity contribution in [2.24, 2.45) is 0 Å². The molecule has 0 unspecified atom stereocenters. The SMILES string of the molecule is CC/C(=C/CNCc1cccc2ccccc12)C(=O)O. The van der Waals surface area contributed by atoms with E-state index < -0.39 is 5.97 Å². The first-order valence-electron chi connectivity index (χ1n) is 6.82. The second kappa shape index (κ2) is 6.87. The van der Waals surface area contributed by atoms with Crippen molar-refractivity contribution in [3.05, 3.63) is 59.7 Å². The number of aliphatic carboxylic acids is 1. The summed E-state index contributed by atoms with van der Waals surface area (Å²) in [5.74, 6) is -0.834. The molecule has 0 aliphatic rings. The van der Waals surface area contributed by atoms with Crippen molar-refractivity contribution in [2.45, 2.75) is 19.9 Å². The van der Waals surface area contributed by atoms with Gasteiger partial charge in [0.25, 0.3) is 0 Å². The molecule has 2 N–H and O–H groups in total. The quantitative estimate of drug-likeness (QED) is 0.624. The van der Waals surface area contributed by atoms with Crippen LogP contribution in [0.2, 0.25) is 0 Å². The van der Waals surface area contributed by atoms with E-state index in [0.717, 1.165) is 6.54 Å². The standard InChI is InChI=1S/C17H19NO2/c1-2-13(17(19)20)10-11-18-12-15-8-5-7-14-6-3-4-9-16(14)15/h3-10,18H,2,11-12H2,1H3,(H,19,20)/b13-10-. The monoisotopic (exact) mass is 269 g/mol. The van der Waals surface area contributed by atoms with Crippen LogP contribution in [0.5, 0.6) is 0 Å². The molecule has 0 saturated heterocycles. The highest BCUT2D eigenvalue weighted by molar-refractivity contribution is 5.86. The predicted octanol–water partition coefficient (Wildman–Crippen LogP) is 3.35. The second-order valence-corrected chi connectivity index (χ2v) is 4.66. The van der Waals surface area contributed by atoms with Gasteiger partial charge in [-0.2, -0.15) is 0 Å². The molecule has 0 fully saturated rings. The lowest BCUT2D eigenvalue weighted by atomic mass is 10.0. The highest BCUT2D eigenvalue weighted by atomic mass is 16.4. The van der Waals surface area contributed by atoms with Crippen molar-refractivity contribution in [3.63, 3.8) is 0 Å². The second-order valence-electron chi connectivity index (χ2n) is 4.66. The number of carboxylic acid groups (broad SMARTS) is 1. The van der Waals surface area contributed by atoms with Crippen LogP contribution in [0, 0.1) is 0 Å². The van der Waals surface area contributed by atoms with Crippen molar-refractivity contribution in [3.8, 4) is 0 Å². The Hall–Kier alpha value is -2.13. The normalized spacial score (nSPS) is 11.8. The van der Waals surface area contributed by atoms with Crippen molar-refractivity contribution in [1.82, 2.24) is 5.32 Å². The fraction of sp³-hybridized carbons (Fsp3) is 0.235. The van der Waals surface area contributed by atoms with E-state index in [9.17, 15) is 4.79 Å². The van der Waals surface area contributed by atoms with E-state index in [1.165, 1.54) is 16.3 Å². The van der Waals surface area contributed by atoms with Crippen molar-refractivity contribution in [2.75, 3.05) is 6.54 Å². The van der Waals surface area contributed by atoms with E-state index >= 15 is 0 Å². The molecule has 0 saturated carbocycles. The van der Waals surface area contributed by atoms with Crippen LogP contribution in [0.15, 0.2) is 54.1 Å². The van der Waals surface area contributed by atoms with Crippen LogP contribution in [0.3, 0.4) is 0 Å². The first-order valence-corrected chi connectivity index (χ1v) is 6.82. The largest absolute Gasteiger partial charge is 0.478 e.